The van der Waals surface area contributed by atoms with Crippen LogP contribution in [-0.2, 0) is 10.9 Å². The molecule has 1 N–H and O–H groups in total. The van der Waals surface area contributed by atoms with E-state index < -0.39 is 17.5 Å². The van der Waals surface area contributed by atoms with Crippen molar-refractivity contribution < 1.29 is 23.0 Å². The van der Waals surface area contributed by atoms with Crippen molar-refractivity contribution in [1.82, 2.24) is 0 Å². The minimum absolute atomic E-state index is 0.0884. The Balaban J connectivity index is 2.30. The van der Waals surface area contributed by atoms with Gasteiger partial charge in [0.15, 0.2) is 0 Å². The van der Waals surface area contributed by atoms with E-state index >= 15 is 0 Å². The highest BCUT2D eigenvalue weighted by Gasteiger charge is 2.34. The van der Waals surface area contributed by atoms with E-state index in [-0.39, 0.29) is 5.92 Å². The van der Waals surface area contributed by atoms with E-state index in [4.69, 9.17) is 4.74 Å². The molecule has 2 rings (SSSR count). The van der Waals surface area contributed by atoms with Crippen molar-refractivity contribution in [3.8, 4) is 5.75 Å². The highest BCUT2D eigenvalue weighted by Crippen LogP contribution is 2.38. The molecule has 0 saturated carbocycles. The molecule has 94 valence electrons. The SMILES string of the molecule is Oc1ccc(C2CCOCC2)cc1C(F)(F)F. The second-order valence-electron chi connectivity index (χ2n) is 4.16. The molecule has 1 aliphatic heterocycles. The molecule has 0 spiro atoms. The van der Waals surface area contributed by atoms with Crippen molar-refractivity contribution in [2.45, 2.75) is 24.9 Å². The Kier molecular flexibility index (Phi) is 3.28. The maximum Gasteiger partial charge on any atom is 0.419 e. The van der Waals surface area contributed by atoms with Gasteiger partial charge in [-0.05, 0) is 36.5 Å². The van der Waals surface area contributed by atoms with E-state index in [9.17, 15) is 18.3 Å². The van der Waals surface area contributed by atoms with E-state index in [1.165, 1.54) is 0 Å². The van der Waals surface area contributed by atoms with E-state index in [0.717, 1.165) is 25.0 Å². The highest BCUT2D eigenvalue weighted by molar-refractivity contribution is 5.39. The zero-order chi connectivity index (χ0) is 12.5. The van der Waals surface area contributed by atoms with Gasteiger partial charge in [-0.1, -0.05) is 6.07 Å². The average Bonchev–Trinajstić information content (AvgIpc) is 2.29. The standard InChI is InChI=1S/C12H13F3O2/c13-12(14,15)10-7-9(1-2-11(10)16)8-3-5-17-6-4-8/h1-2,7-8,16H,3-6H2. The van der Waals surface area contributed by atoms with Crippen LogP contribution in [0.3, 0.4) is 0 Å². The lowest BCUT2D eigenvalue weighted by atomic mass is 9.90. The van der Waals surface area contributed by atoms with Gasteiger partial charge in [-0.3, -0.25) is 0 Å². The summed E-state index contributed by atoms with van der Waals surface area (Å²) in [6.45, 7) is 1.15. The molecule has 0 aliphatic carbocycles. The minimum Gasteiger partial charge on any atom is -0.507 e. The third-order valence-electron chi connectivity index (χ3n) is 3.02. The Bertz CT molecular complexity index is 395. The number of rotatable bonds is 1. The van der Waals surface area contributed by atoms with Crippen LogP contribution in [-0.4, -0.2) is 18.3 Å². The first-order valence-electron chi connectivity index (χ1n) is 5.46. The molecule has 0 radical (unpaired) electrons. The molecule has 17 heavy (non-hydrogen) atoms. The van der Waals surface area contributed by atoms with Crippen LogP contribution < -0.4 is 0 Å². The summed E-state index contributed by atoms with van der Waals surface area (Å²) >= 11 is 0. The summed E-state index contributed by atoms with van der Waals surface area (Å²) < 4.78 is 43.0. The smallest absolute Gasteiger partial charge is 0.419 e. The molecule has 0 amide bonds. The van der Waals surface area contributed by atoms with Crippen molar-refractivity contribution >= 4 is 0 Å². The molecule has 0 unspecified atom stereocenters. The summed E-state index contributed by atoms with van der Waals surface area (Å²) in [5, 5.41) is 9.22. The van der Waals surface area contributed by atoms with E-state index in [1.807, 2.05) is 0 Å². The van der Waals surface area contributed by atoms with Gasteiger partial charge in [0.05, 0.1) is 5.56 Å². The van der Waals surface area contributed by atoms with Crippen molar-refractivity contribution in [3.05, 3.63) is 29.3 Å². The van der Waals surface area contributed by atoms with Gasteiger partial charge in [0.1, 0.15) is 5.75 Å². The predicted molar refractivity (Wildman–Crippen MR) is 55.9 cm³/mol. The zero-order valence-corrected chi connectivity index (χ0v) is 9.13. The third kappa shape index (κ3) is 2.72. The number of phenols is 1. The number of benzene rings is 1. The molecule has 1 aliphatic rings. The average molecular weight is 246 g/mol. The van der Waals surface area contributed by atoms with Crippen LogP contribution in [0.25, 0.3) is 0 Å². The highest BCUT2D eigenvalue weighted by atomic mass is 19.4. The third-order valence-corrected chi connectivity index (χ3v) is 3.02. The lowest BCUT2D eigenvalue weighted by molar-refractivity contribution is -0.138. The summed E-state index contributed by atoms with van der Waals surface area (Å²) in [5.41, 5.74) is -0.333. The van der Waals surface area contributed by atoms with Crippen molar-refractivity contribution in [3.63, 3.8) is 0 Å². The van der Waals surface area contributed by atoms with Gasteiger partial charge in [-0.2, -0.15) is 13.2 Å². The Labute approximate surface area is 97.0 Å². The lowest BCUT2D eigenvalue weighted by Crippen LogP contribution is -2.15. The molecule has 0 bridgehead atoms. The molecule has 0 atom stereocenters. The molecule has 1 aromatic rings. The molecular weight excluding hydrogens is 233 g/mol. The van der Waals surface area contributed by atoms with E-state index in [2.05, 4.69) is 0 Å². The molecular formula is C12H13F3O2. The number of aromatic hydroxyl groups is 1. The first-order chi connectivity index (χ1) is 7.98. The monoisotopic (exact) mass is 246 g/mol. The first-order valence-corrected chi connectivity index (χ1v) is 5.46. The molecule has 1 saturated heterocycles. The van der Waals surface area contributed by atoms with E-state index in [1.54, 1.807) is 6.07 Å². The number of ether oxygens (including phenoxy) is 1. The van der Waals surface area contributed by atoms with Crippen molar-refractivity contribution in [2.24, 2.45) is 0 Å². The molecule has 1 aromatic carbocycles. The van der Waals surface area contributed by atoms with Gasteiger partial charge < -0.3 is 9.84 Å². The van der Waals surface area contributed by atoms with Crippen LogP contribution >= 0.6 is 0 Å². The minimum atomic E-state index is -4.51. The Morgan fingerprint density at radius 2 is 1.82 bits per heavy atom. The second kappa shape index (κ2) is 4.56. The fourth-order valence-corrected chi connectivity index (χ4v) is 2.07. The second-order valence-corrected chi connectivity index (χ2v) is 4.16. The molecule has 1 fully saturated rings. The normalized spacial score (nSPS) is 18.3. The lowest BCUT2D eigenvalue weighted by Gasteiger charge is -2.23. The fourth-order valence-electron chi connectivity index (χ4n) is 2.07. The number of phenolic OH excluding ortho intramolecular Hbond substituents is 1. The number of hydrogen-bond donors (Lipinski definition) is 1. The quantitative estimate of drug-likeness (QED) is 0.823. The van der Waals surface area contributed by atoms with Crippen LogP contribution in [0.15, 0.2) is 18.2 Å². The Hall–Kier alpha value is -1.23. The molecule has 5 heteroatoms. The van der Waals surface area contributed by atoms with Crippen LogP contribution in [0.2, 0.25) is 0 Å². The molecule has 2 nitrogen and oxygen atoms in total. The van der Waals surface area contributed by atoms with Crippen LogP contribution in [0, 0.1) is 0 Å². The first kappa shape index (κ1) is 12.2. The van der Waals surface area contributed by atoms with Crippen LogP contribution in [0.1, 0.15) is 29.9 Å². The molecule has 1 heterocycles. The summed E-state index contributed by atoms with van der Waals surface area (Å²) in [5.74, 6) is -0.626. The van der Waals surface area contributed by atoms with Gasteiger partial charge in [0, 0.05) is 13.2 Å². The number of halogens is 3. The largest absolute Gasteiger partial charge is 0.507 e. The van der Waals surface area contributed by atoms with Crippen LogP contribution in [0.4, 0.5) is 13.2 Å². The zero-order valence-electron chi connectivity index (χ0n) is 9.13. The van der Waals surface area contributed by atoms with Gasteiger partial charge in [0.2, 0.25) is 0 Å². The summed E-state index contributed by atoms with van der Waals surface area (Å²) in [6, 6.07) is 3.72. The summed E-state index contributed by atoms with van der Waals surface area (Å²) in [7, 11) is 0. The number of hydrogen-bond acceptors (Lipinski definition) is 2. The Morgan fingerprint density at radius 1 is 1.18 bits per heavy atom. The van der Waals surface area contributed by atoms with Gasteiger partial charge in [-0.25, -0.2) is 0 Å². The van der Waals surface area contributed by atoms with Gasteiger partial charge in [-0.15, -0.1) is 0 Å². The maximum absolute atomic E-state index is 12.6. The van der Waals surface area contributed by atoms with Gasteiger partial charge in [0.25, 0.3) is 0 Å². The maximum atomic E-state index is 12.6. The number of alkyl halides is 3. The van der Waals surface area contributed by atoms with Crippen molar-refractivity contribution in [2.75, 3.05) is 13.2 Å². The molecule has 0 aromatic heterocycles. The topological polar surface area (TPSA) is 29.5 Å². The predicted octanol–water partition coefficient (Wildman–Crippen LogP) is 3.31. The van der Waals surface area contributed by atoms with Gasteiger partial charge >= 0.3 is 6.18 Å². The fraction of sp³-hybridized carbons (Fsp3) is 0.500. The van der Waals surface area contributed by atoms with Crippen LogP contribution in [0.5, 0.6) is 5.75 Å². The Morgan fingerprint density at radius 3 is 2.41 bits per heavy atom. The summed E-state index contributed by atoms with van der Waals surface area (Å²) in [4.78, 5) is 0. The van der Waals surface area contributed by atoms with E-state index in [0.29, 0.717) is 18.8 Å². The summed E-state index contributed by atoms with van der Waals surface area (Å²) in [6.07, 6.45) is -3.06. The van der Waals surface area contributed by atoms with Crippen molar-refractivity contribution in [1.29, 1.82) is 0 Å².